The van der Waals surface area contributed by atoms with E-state index >= 15 is 0 Å². The molecule has 0 unspecified atom stereocenters. The molecule has 1 fully saturated rings. The summed E-state index contributed by atoms with van der Waals surface area (Å²) in [6.07, 6.45) is 11.4. The molecule has 6 heteroatoms. The molecule has 5 nitrogen and oxygen atoms in total. The van der Waals surface area contributed by atoms with Gasteiger partial charge < -0.3 is 20.6 Å². The number of benzene rings is 2. The smallest absolute Gasteiger partial charge is 0.207 e. The van der Waals surface area contributed by atoms with Gasteiger partial charge in [0.05, 0.1) is 6.10 Å². The Bertz CT molecular complexity index is 724. The van der Waals surface area contributed by atoms with Crippen molar-refractivity contribution in [2.75, 3.05) is 13.1 Å². The Morgan fingerprint density at radius 3 is 1.62 bits per heavy atom. The number of ether oxygens (including phenoxy) is 1. The van der Waals surface area contributed by atoms with Crippen LogP contribution in [0.15, 0.2) is 48.5 Å². The van der Waals surface area contributed by atoms with Crippen LogP contribution in [0, 0.1) is 19.8 Å². The summed E-state index contributed by atoms with van der Waals surface area (Å²) in [5.41, 5.74) is 7.52. The highest BCUT2D eigenvalue weighted by Crippen LogP contribution is 2.24. The largest absolute Gasteiger partial charge is 0.490 e. The van der Waals surface area contributed by atoms with E-state index in [1.807, 2.05) is 38.0 Å². The zero-order chi connectivity index (χ0) is 30.3. The van der Waals surface area contributed by atoms with Gasteiger partial charge in [-0.2, -0.15) is 0 Å². The van der Waals surface area contributed by atoms with E-state index < -0.39 is 0 Å². The van der Waals surface area contributed by atoms with Crippen LogP contribution in [-0.4, -0.2) is 32.4 Å². The summed E-state index contributed by atoms with van der Waals surface area (Å²) in [6.45, 7) is 18.2. The van der Waals surface area contributed by atoms with Crippen LogP contribution in [0.4, 0.5) is 0 Å². The van der Waals surface area contributed by atoms with Crippen LogP contribution in [0.1, 0.15) is 97.1 Å². The van der Waals surface area contributed by atoms with Gasteiger partial charge in [0.25, 0.3) is 0 Å². The van der Waals surface area contributed by atoms with Crippen LogP contribution in [-0.2, 0) is 9.59 Å². The van der Waals surface area contributed by atoms with E-state index in [9.17, 15) is 4.79 Å². The Hall–Kier alpha value is -2.37. The van der Waals surface area contributed by atoms with E-state index in [1.54, 1.807) is 0 Å². The normalized spacial score (nSPS) is 11.0. The summed E-state index contributed by atoms with van der Waals surface area (Å²) < 4.78 is 5.95. The van der Waals surface area contributed by atoms with Crippen LogP contribution in [0.25, 0.3) is 0 Å². The minimum Gasteiger partial charge on any atom is -0.490 e. The summed E-state index contributed by atoms with van der Waals surface area (Å²) >= 11 is 5.61. The monoisotopic (exact) mass is 564 g/mol. The zero-order valence-electron chi connectivity index (χ0n) is 25.8. The van der Waals surface area contributed by atoms with Gasteiger partial charge in [-0.15, -0.1) is 0 Å². The molecule has 1 amide bonds. The van der Waals surface area contributed by atoms with Gasteiger partial charge in [0.15, 0.2) is 0 Å². The maximum absolute atomic E-state index is 9.40. The number of halogens is 1. The topological polar surface area (TPSA) is 81.4 Å². The molecule has 3 rings (SSSR count). The number of carbonyl (C=O) groups is 2. The van der Waals surface area contributed by atoms with Crippen LogP contribution >= 0.6 is 11.6 Å². The molecule has 224 valence electrons. The summed E-state index contributed by atoms with van der Waals surface area (Å²) in [5, 5.41) is 3.19. The first-order valence-corrected chi connectivity index (χ1v) is 14.8. The highest BCUT2D eigenvalue weighted by atomic mass is 35.5. The Morgan fingerprint density at radius 2 is 1.36 bits per heavy atom. The van der Waals surface area contributed by atoms with Crippen molar-refractivity contribution in [1.29, 1.82) is 0 Å². The molecule has 39 heavy (non-hydrogen) atoms. The number of aryl methyl sites for hydroxylation is 2. The molecule has 3 N–H and O–H groups in total. The highest BCUT2D eigenvalue weighted by Gasteiger charge is 2.09. The lowest BCUT2D eigenvalue weighted by Crippen LogP contribution is -2.20. The van der Waals surface area contributed by atoms with Gasteiger partial charge in [-0.3, -0.25) is 4.79 Å². The molecule has 2 aromatic rings. The summed E-state index contributed by atoms with van der Waals surface area (Å²) in [5.74, 6) is 2.07. The number of nitrogens with one attached hydrogen (secondary N) is 1. The third kappa shape index (κ3) is 30.0. The fraction of sp³-hybridized carbons (Fsp3) is 0.576. The lowest BCUT2D eigenvalue weighted by Gasteiger charge is -2.18. The van der Waals surface area contributed by atoms with Gasteiger partial charge in [0.2, 0.25) is 6.41 Å². The maximum Gasteiger partial charge on any atom is 0.207 e. The molecule has 2 aromatic carbocycles. The van der Waals surface area contributed by atoms with Crippen molar-refractivity contribution in [2.24, 2.45) is 11.7 Å². The summed E-state index contributed by atoms with van der Waals surface area (Å²) in [6, 6.07) is 16.1. The number of hydrogen-bond donors (Lipinski definition) is 2. The van der Waals surface area contributed by atoms with E-state index in [0.717, 1.165) is 29.5 Å². The standard InChI is InChI=1S/C14H22O.C7H7Cl.C5H10.C3H8N2O.C3H8.CH2O/c1-4-6-13(7-5-2)15-14-10-8-12(3)9-11-14;1-6-2-4-7(8)5-3-6;1-5-3-2-4-5;4-1-2-5-3-6;1-3-2;1-2/h8-11,13H,4-7H2,1-3H3;2-5H,1H3;5H,2-4H2,1H3;3H,1-2,4H2,(H,5,6);3H2,1-2H3;1H2. The van der Waals surface area contributed by atoms with Gasteiger partial charge in [-0.1, -0.05) is 120 Å². The van der Waals surface area contributed by atoms with Crippen molar-refractivity contribution >= 4 is 24.8 Å². The fourth-order valence-corrected chi connectivity index (χ4v) is 3.13. The third-order valence-corrected chi connectivity index (χ3v) is 5.57. The van der Waals surface area contributed by atoms with Gasteiger partial charge in [-0.05, 0) is 56.9 Å². The minimum atomic E-state index is 0.391. The molecule has 1 aliphatic rings. The SMILES string of the molecule is C=O.CC1CCC1.CCC.CCCC(CCC)Oc1ccc(C)cc1.Cc1ccc(Cl)cc1.NCCNC=O. The van der Waals surface area contributed by atoms with Gasteiger partial charge in [0.1, 0.15) is 12.5 Å². The molecule has 0 radical (unpaired) electrons. The second-order valence-corrected chi connectivity index (χ2v) is 9.97. The number of amides is 1. The lowest BCUT2D eigenvalue weighted by molar-refractivity contribution is -0.109. The molecular formula is C33H57ClN2O3. The molecule has 0 saturated heterocycles. The molecule has 0 atom stereocenters. The summed E-state index contributed by atoms with van der Waals surface area (Å²) in [7, 11) is 0. The van der Waals surface area contributed by atoms with Crippen LogP contribution in [0.2, 0.25) is 5.02 Å². The third-order valence-electron chi connectivity index (χ3n) is 5.32. The number of nitrogens with two attached hydrogens (primary N) is 1. The molecule has 0 heterocycles. The van der Waals surface area contributed by atoms with Crippen molar-refractivity contribution in [2.45, 2.75) is 106 Å². The van der Waals surface area contributed by atoms with Gasteiger partial charge in [0, 0.05) is 18.1 Å². The van der Waals surface area contributed by atoms with E-state index in [1.165, 1.54) is 49.7 Å². The molecule has 0 aromatic heterocycles. The van der Waals surface area contributed by atoms with Crippen molar-refractivity contribution in [3.8, 4) is 5.75 Å². The average Bonchev–Trinajstić information content (AvgIpc) is 2.92. The first-order valence-electron chi connectivity index (χ1n) is 14.4. The fourth-order valence-electron chi connectivity index (χ4n) is 3.00. The van der Waals surface area contributed by atoms with Gasteiger partial charge in [-0.25, -0.2) is 0 Å². The van der Waals surface area contributed by atoms with E-state index in [0.29, 0.717) is 25.6 Å². The van der Waals surface area contributed by atoms with Crippen molar-refractivity contribution in [1.82, 2.24) is 5.32 Å². The van der Waals surface area contributed by atoms with E-state index in [4.69, 9.17) is 26.9 Å². The predicted molar refractivity (Wildman–Crippen MR) is 171 cm³/mol. The Labute approximate surface area is 245 Å². The molecule has 1 saturated carbocycles. The highest BCUT2D eigenvalue weighted by molar-refractivity contribution is 6.30. The Balaban J connectivity index is -0.000000455. The number of hydrogen-bond acceptors (Lipinski definition) is 4. The second-order valence-electron chi connectivity index (χ2n) is 9.53. The average molecular weight is 565 g/mol. The van der Waals surface area contributed by atoms with Crippen molar-refractivity contribution < 1.29 is 14.3 Å². The quantitative estimate of drug-likeness (QED) is 0.235. The van der Waals surface area contributed by atoms with Crippen molar-refractivity contribution in [3.63, 3.8) is 0 Å². The van der Waals surface area contributed by atoms with Gasteiger partial charge >= 0.3 is 0 Å². The molecule has 0 spiro atoms. The predicted octanol–water partition coefficient (Wildman–Crippen LogP) is 8.72. The second kappa shape index (κ2) is 31.8. The zero-order valence-corrected chi connectivity index (χ0v) is 26.6. The molecule has 0 aliphatic heterocycles. The number of rotatable bonds is 9. The van der Waals surface area contributed by atoms with E-state index in [2.05, 4.69) is 71.1 Å². The Kier molecular flexibility index (Phi) is 33.6. The van der Waals surface area contributed by atoms with Crippen LogP contribution in [0.5, 0.6) is 5.75 Å². The first kappa shape index (κ1) is 41.1. The van der Waals surface area contributed by atoms with E-state index in [-0.39, 0.29) is 0 Å². The summed E-state index contributed by atoms with van der Waals surface area (Å²) in [4.78, 5) is 17.4. The maximum atomic E-state index is 9.40. The van der Waals surface area contributed by atoms with Crippen LogP contribution in [0.3, 0.4) is 0 Å². The molecule has 0 bridgehead atoms. The minimum absolute atomic E-state index is 0.391. The lowest BCUT2D eigenvalue weighted by atomic mass is 9.88. The molecular weight excluding hydrogens is 508 g/mol. The van der Waals surface area contributed by atoms with Crippen molar-refractivity contribution in [3.05, 3.63) is 64.7 Å². The molecule has 1 aliphatic carbocycles. The Morgan fingerprint density at radius 1 is 0.949 bits per heavy atom. The first-order chi connectivity index (χ1) is 18.8. The van der Waals surface area contributed by atoms with Crippen LogP contribution < -0.4 is 15.8 Å². The number of carbonyl (C=O) groups excluding carboxylic acids is 2.